The summed E-state index contributed by atoms with van der Waals surface area (Å²) in [6.07, 6.45) is -0.942. The number of non-ortho nitro benzene ring substituents is 1. The Labute approximate surface area is 150 Å². The lowest BCUT2D eigenvalue weighted by molar-refractivity contribution is -0.939. The van der Waals surface area contributed by atoms with Gasteiger partial charge in [-0.15, -0.1) is 0 Å². The number of aliphatic hydroxyl groups is 1. The molecular weight excluding hydrogens is 340 g/mol. The van der Waals surface area contributed by atoms with Crippen molar-refractivity contribution in [2.75, 3.05) is 33.0 Å². The number of carbonyl (C=O) groups is 2. The fourth-order valence-electron chi connectivity index (χ4n) is 4.08. The van der Waals surface area contributed by atoms with Crippen LogP contribution in [0, 0.1) is 15.5 Å². The fraction of sp³-hybridized carbons (Fsp3) is 0.529. The van der Waals surface area contributed by atoms with Crippen LogP contribution in [0.2, 0.25) is 0 Å². The van der Waals surface area contributed by atoms with Crippen molar-refractivity contribution in [1.82, 2.24) is 9.80 Å². The maximum absolute atomic E-state index is 11.9. The summed E-state index contributed by atoms with van der Waals surface area (Å²) in [6.45, 7) is 5.29. The highest BCUT2D eigenvalue weighted by Crippen LogP contribution is 2.38. The molecule has 2 heterocycles. The molecule has 0 spiro atoms. The summed E-state index contributed by atoms with van der Waals surface area (Å²) in [4.78, 5) is 38.7. The first-order valence-electron chi connectivity index (χ1n) is 8.49. The maximum atomic E-state index is 11.9. The molecule has 2 amide bonds. The van der Waals surface area contributed by atoms with Crippen LogP contribution in [0.15, 0.2) is 24.3 Å². The minimum atomic E-state index is -0.942. The summed E-state index contributed by atoms with van der Waals surface area (Å²) in [5.41, 5.74) is -0.210. The predicted molar refractivity (Wildman–Crippen MR) is 90.8 cm³/mol. The van der Waals surface area contributed by atoms with E-state index in [1.165, 1.54) is 38.1 Å². The van der Waals surface area contributed by atoms with E-state index in [1.807, 2.05) is 0 Å². The number of nitro groups is 1. The quantitative estimate of drug-likeness (QED) is 0.537. The summed E-state index contributed by atoms with van der Waals surface area (Å²) in [5, 5.41) is 22.0. The molecule has 3 rings (SSSR count). The lowest BCUT2D eigenvalue weighted by Crippen LogP contribution is -3.20. The molecule has 2 N–H and O–H groups in total. The lowest BCUT2D eigenvalue weighted by atomic mass is 9.75. The summed E-state index contributed by atoms with van der Waals surface area (Å²) in [6, 6.07) is 5.79. The van der Waals surface area contributed by atoms with Crippen molar-refractivity contribution in [1.29, 1.82) is 0 Å². The molecule has 0 aliphatic carbocycles. The molecule has 0 saturated carbocycles. The van der Waals surface area contributed by atoms with Gasteiger partial charge in [0.1, 0.15) is 0 Å². The molecule has 0 unspecified atom stereocenters. The maximum Gasteiger partial charge on any atom is 0.269 e. The number of fused-ring (bicyclic) bond motifs is 2. The Hall–Kier alpha value is -2.52. The Bertz CT molecular complexity index is 709. The Morgan fingerprint density at radius 3 is 2.08 bits per heavy atom. The molecule has 0 radical (unpaired) electrons. The Morgan fingerprint density at radius 1 is 1.15 bits per heavy atom. The van der Waals surface area contributed by atoms with Gasteiger partial charge in [0.2, 0.25) is 11.8 Å². The molecule has 0 aromatic heterocycles. The molecule has 140 valence electrons. The van der Waals surface area contributed by atoms with E-state index in [9.17, 15) is 24.8 Å². The number of benzene rings is 1. The summed E-state index contributed by atoms with van der Waals surface area (Å²) in [7, 11) is 0. The monoisotopic (exact) mass is 363 g/mol. The van der Waals surface area contributed by atoms with E-state index in [-0.39, 0.29) is 17.5 Å². The van der Waals surface area contributed by atoms with Gasteiger partial charge in [0.05, 0.1) is 23.0 Å². The number of carbonyl (C=O) groups excluding carboxylic acids is 2. The normalized spacial score (nSPS) is 26.3. The highest BCUT2D eigenvalue weighted by atomic mass is 16.6. The van der Waals surface area contributed by atoms with E-state index in [0.717, 1.165) is 4.90 Å². The molecule has 1 aromatic carbocycles. The fourth-order valence-corrected chi connectivity index (χ4v) is 4.08. The van der Waals surface area contributed by atoms with Gasteiger partial charge in [-0.3, -0.25) is 34.4 Å². The topological polar surface area (TPSA) is 108 Å². The minimum Gasteiger partial charge on any atom is -0.387 e. The van der Waals surface area contributed by atoms with Gasteiger partial charge in [-0.2, -0.15) is 0 Å². The smallest absolute Gasteiger partial charge is 0.269 e. The van der Waals surface area contributed by atoms with Crippen molar-refractivity contribution < 1.29 is 24.5 Å². The zero-order valence-corrected chi connectivity index (χ0v) is 14.8. The third-order valence-electron chi connectivity index (χ3n) is 5.33. The van der Waals surface area contributed by atoms with Gasteiger partial charge in [-0.05, 0) is 17.7 Å². The molecule has 2 bridgehead atoms. The van der Waals surface area contributed by atoms with Crippen LogP contribution >= 0.6 is 0 Å². The predicted octanol–water partition coefficient (Wildman–Crippen LogP) is -0.861. The van der Waals surface area contributed by atoms with Crippen molar-refractivity contribution in [3.8, 4) is 0 Å². The number of amides is 2. The lowest BCUT2D eigenvalue weighted by Gasteiger charge is -2.53. The first-order valence-corrected chi connectivity index (χ1v) is 8.49. The average Bonchev–Trinajstić information content (AvgIpc) is 2.60. The standard InChI is InChI=1S/C17H22N4O5/c1-12(22)19-8-17(7-18(10-19)11-20(9-17)13(2)23)16(24)14-3-5-15(6-4-14)21(25)26/h3-6,16,24H,7-11H2,1-2H3/p+1/t16-/m1/s1. The van der Waals surface area contributed by atoms with Crippen LogP contribution in [0.25, 0.3) is 0 Å². The second kappa shape index (κ2) is 6.65. The van der Waals surface area contributed by atoms with Gasteiger partial charge in [-0.25, -0.2) is 0 Å². The number of hydrogen-bond donors (Lipinski definition) is 2. The minimum absolute atomic E-state index is 0.0475. The van der Waals surface area contributed by atoms with Gasteiger partial charge < -0.3 is 5.11 Å². The summed E-state index contributed by atoms with van der Waals surface area (Å²) >= 11 is 0. The largest absolute Gasteiger partial charge is 0.387 e. The molecular formula is C17H23N4O5+. The van der Waals surface area contributed by atoms with Crippen LogP contribution in [-0.4, -0.2) is 64.6 Å². The Kier molecular flexibility index (Phi) is 4.68. The third kappa shape index (κ3) is 3.27. The molecule has 2 aliphatic heterocycles. The van der Waals surface area contributed by atoms with Crippen molar-refractivity contribution in [2.24, 2.45) is 5.41 Å². The van der Waals surface area contributed by atoms with E-state index in [2.05, 4.69) is 0 Å². The van der Waals surface area contributed by atoms with E-state index < -0.39 is 16.4 Å². The Balaban J connectivity index is 1.94. The summed E-state index contributed by atoms with van der Waals surface area (Å²) < 4.78 is 0. The first-order chi connectivity index (χ1) is 12.2. The molecule has 2 aliphatic rings. The van der Waals surface area contributed by atoms with Crippen molar-refractivity contribution in [3.63, 3.8) is 0 Å². The third-order valence-corrected chi connectivity index (χ3v) is 5.33. The van der Waals surface area contributed by atoms with Crippen molar-refractivity contribution in [3.05, 3.63) is 39.9 Å². The van der Waals surface area contributed by atoms with E-state index in [1.54, 1.807) is 9.80 Å². The average molecular weight is 363 g/mol. The molecule has 1 atom stereocenters. The van der Waals surface area contributed by atoms with Gasteiger partial charge in [0, 0.05) is 39.1 Å². The van der Waals surface area contributed by atoms with Crippen LogP contribution in [0.1, 0.15) is 25.5 Å². The molecule has 9 nitrogen and oxygen atoms in total. The summed E-state index contributed by atoms with van der Waals surface area (Å²) in [5.74, 6) is -0.141. The molecule has 1 aromatic rings. The number of nitrogens with zero attached hydrogens (tertiary/aromatic N) is 3. The zero-order valence-electron chi connectivity index (χ0n) is 14.8. The van der Waals surface area contributed by atoms with Crippen LogP contribution in [0.3, 0.4) is 0 Å². The molecule has 26 heavy (non-hydrogen) atoms. The van der Waals surface area contributed by atoms with Gasteiger partial charge in [-0.1, -0.05) is 0 Å². The van der Waals surface area contributed by atoms with Crippen LogP contribution in [0.4, 0.5) is 5.69 Å². The van der Waals surface area contributed by atoms with E-state index in [0.29, 0.717) is 38.5 Å². The molecule has 2 saturated heterocycles. The second-order valence-corrected chi connectivity index (χ2v) is 7.29. The first kappa shape index (κ1) is 18.3. The van der Waals surface area contributed by atoms with Crippen LogP contribution < -0.4 is 4.90 Å². The number of nitro benzene ring substituents is 1. The van der Waals surface area contributed by atoms with Gasteiger partial charge in [0.15, 0.2) is 13.3 Å². The molecule has 9 heteroatoms. The number of rotatable bonds is 3. The number of hydrogen-bond acceptors (Lipinski definition) is 5. The van der Waals surface area contributed by atoms with Crippen LogP contribution in [0.5, 0.6) is 0 Å². The van der Waals surface area contributed by atoms with E-state index >= 15 is 0 Å². The highest BCUT2D eigenvalue weighted by molar-refractivity contribution is 5.74. The SMILES string of the molecule is CC(=O)N1C[NH+]2CN(C(C)=O)CC([C@H](O)c3ccc([N+](=O)[O-])cc3)(C1)C2. The second-order valence-electron chi connectivity index (χ2n) is 7.29. The van der Waals surface area contributed by atoms with Crippen molar-refractivity contribution >= 4 is 17.5 Å². The number of aliphatic hydroxyl groups excluding tert-OH is 1. The Morgan fingerprint density at radius 2 is 1.65 bits per heavy atom. The molecule has 2 fully saturated rings. The number of nitrogens with one attached hydrogen (secondary N) is 1. The van der Waals surface area contributed by atoms with Gasteiger partial charge in [0.25, 0.3) is 5.69 Å². The van der Waals surface area contributed by atoms with Crippen LogP contribution in [-0.2, 0) is 9.59 Å². The van der Waals surface area contributed by atoms with E-state index in [4.69, 9.17) is 0 Å². The van der Waals surface area contributed by atoms with Crippen molar-refractivity contribution in [2.45, 2.75) is 20.0 Å². The zero-order chi connectivity index (χ0) is 19.1. The van der Waals surface area contributed by atoms with Gasteiger partial charge >= 0.3 is 0 Å². The number of quaternary nitrogens is 1. The highest BCUT2D eigenvalue weighted by Gasteiger charge is 2.53.